The standard InChI is InChI=1S/C20H27NO5S/c1-16-8-7-13-21(14-16)18(22)15-26-19(23)20(11-5-6-12-20)27(24,25)17-9-3-2-4-10-17/h2-4,9-10,16H,5-8,11-15H2,1H3. The van der Waals surface area contributed by atoms with Crippen molar-refractivity contribution in [3.8, 4) is 0 Å². The van der Waals surface area contributed by atoms with E-state index in [0.29, 0.717) is 31.8 Å². The van der Waals surface area contributed by atoms with E-state index in [1.165, 1.54) is 12.1 Å². The Bertz CT molecular complexity index is 784. The van der Waals surface area contributed by atoms with Gasteiger partial charge in [0.25, 0.3) is 5.91 Å². The van der Waals surface area contributed by atoms with Crippen LogP contribution in [0.2, 0.25) is 0 Å². The predicted octanol–water partition coefficient (Wildman–Crippen LogP) is 2.57. The highest BCUT2D eigenvalue weighted by Gasteiger charge is 2.54. The van der Waals surface area contributed by atoms with Crippen molar-refractivity contribution < 1.29 is 22.7 Å². The molecule has 1 amide bonds. The van der Waals surface area contributed by atoms with Gasteiger partial charge in [-0.25, -0.2) is 8.42 Å². The third kappa shape index (κ3) is 3.88. The second-order valence-electron chi connectivity index (χ2n) is 7.68. The highest BCUT2D eigenvalue weighted by molar-refractivity contribution is 7.93. The Balaban J connectivity index is 1.73. The molecular formula is C20H27NO5S. The molecule has 1 unspecified atom stereocenters. The molecule has 7 heteroatoms. The molecule has 148 valence electrons. The normalized spacial score (nSPS) is 22.4. The summed E-state index contributed by atoms with van der Waals surface area (Å²) in [6.45, 7) is 3.01. The number of sulfone groups is 1. The van der Waals surface area contributed by atoms with Gasteiger partial charge in [0, 0.05) is 13.1 Å². The molecular weight excluding hydrogens is 366 g/mol. The van der Waals surface area contributed by atoms with Crippen LogP contribution >= 0.6 is 0 Å². The summed E-state index contributed by atoms with van der Waals surface area (Å²) in [4.78, 5) is 27.1. The maximum atomic E-state index is 13.2. The second kappa shape index (κ2) is 8.00. The highest BCUT2D eigenvalue weighted by Crippen LogP contribution is 2.41. The van der Waals surface area contributed by atoms with Crippen LogP contribution in [0.4, 0.5) is 0 Å². The number of benzene rings is 1. The van der Waals surface area contributed by atoms with E-state index in [1.807, 2.05) is 0 Å². The summed E-state index contributed by atoms with van der Waals surface area (Å²) in [5.41, 5.74) is 0. The quantitative estimate of drug-likeness (QED) is 0.718. The number of hydrogen-bond acceptors (Lipinski definition) is 5. The van der Waals surface area contributed by atoms with Crippen molar-refractivity contribution in [1.82, 2.24) is 4.90 Å². The van der Waals surface area contributed by atoms with Crippen LogP contribution in [0.3, 0.4) is 0 Å². The summed E-state index contributed by atoms with van der Waals surface area (Å²) in [5.74, 6) is -0.611. The van der Waals surface area contributed by atoms with Crippen LogP contribution in [-0.4, -0.2) is 49.6 Å². The first-order valence-corrected chi connectivity index (χ1v) is 11.1. The molecule has 0 spiro atoms. The largest absolute Gasteiger partial charge is 0.454 e. The third-order valence-electron chi connectivity index (χ3n) is 5.69. The van der Waals surface area contributed by atoms with E-state index in [-0.39, 0.29) is 23.6 Å². The van der Waals surface area contributed by atoms with Crippen LogP contribution in [0.5, 0.6) is 0 Å². The summed E-state index contributed by atoms with van der Waals surface area (Å²) in [6, 6.07) is 8.02. The number of esters is 1. The van der Waals surface area contributed by atoms with E-state index >= 15 is 0 Å². The fraction of sp³-hybridized carbons (Fsp3) is 0.600. The average molecular weight is 394 g/mol. The van der Waals surface area contributed by atoms with Crippen LogP contribution < -0.4 is 0 Å². The molecule has 1 heterocycles. The number of piperidine rings is 1. The number of carbonyl (C=O) groups excluding carboxylic acids is 2. The van der Waals surface area contributed by atoms with Crippen molar-refractivity contribution in [2.75, 3.05) is 19.7 Å². The molecule has 0 bridgehead atoms. The van der Waals surface area contributed by atoms with E-state index in [0.717, 1.165) is 12.8 Å². The van der Waals surface area contributed by atoms with Gasteiger partial charge in [-0.05, 0) is 43.7 Å². The van der Waals surface area contributed by atoms with Crippen LogP contribution in [0.1, 0.15) is 45.4 Å². The van der Waals surface area contributed by atoms with Gasteiger partial charge < -0.3 is 9.64 Å². The lowest BCUT2D eigenvalue weighted by Gasteiger charge is -2.31. The Hall–Kier alpha value is -1.89. The maximum Gasteiger partial charge on any atom is 0.328 e. The third-order valence-corrected chi connectivity index (χ3v) is 8.18. The molecule has 1 saturated heterocycles. The maximum absolute atomic E-state index is 13.2. The lowest BCUT2D eigenvalue weighted by Crippen LogP contribution is -2.47. The summed E-state index contributed by atoms with van der Waals surface area (Å²) < 4.78 is 30.1. The van der Waals surface area contributed by atoms with E-state index < -0.39 is 27.2 Å². The smallest absolute Gasteiger partial charge is 0.328 e. The van der Waals surface area contributed by atoms with Gasteiger partial charge in [0.1, 0.15) is 0 Å². The summed E-state index contributed by atoms with van der Waals surface area (Å²) in [5, 5.41) is 0. The molecule has 2 fully saturated rings. The zero-order valence-electron chi connectivity index (χ0n) is 15.7. The molecule has 1 aromatic carbocycles. The number of likely N-dealkylation sites (tertiary alicyclic amines) is 1. The second-order valence-corrected chi connectivity index (χ2v) is 9.94. The van der Waals surface area contributed by atoms with Gasteiger partial charge in [0.2, 0.25) is 0 Å². The van der Waals surface area contributed by atoms with Crippen molar-refractivity contribution in [2.45, 2.75) is 55.1 Å². The van der Waals surface area contributed by atoms with E-state index in [9.17, 15) is 18.0 Å². The van der Waals surface area contributed by atoms with E-state index in [2.05, 4.69) is 6.92 Å². The first kappa shape index (κ1) is 19.9. The minimum atomic E-state index is -3.88. The lowest BCUT2D eigenvalue weighted by molar-refractivity contribution is -0.154. The number of rotatable bonds is 5. The van der Waals surface area contributed by atoms with Gasteiger partial charge >= 0.3 is 5.97 Å². The van der Waals surface area contributed by atoms with Crippen molar-refractivity contribution >= 4 is 21.7 Å². The molecule has 6 nitrogen and oxygen atoms in total. The Morgan fingerprint density at radius 2 is 1.81 bits per heavy atom. The molecule has 1 aliphatic carbocycles. The Kier molecular flexibility index (Phi) is 5.89. The number of ether oxygens (including phenoxy) is 1. The fourth-order valence-corrected chi connectivity index (χ4v) is 6.19. The predicted molar refractivity (Wildman–Crippen MR) is 101 cm³/mol. The van der Waals surface area contributed by atoms with Crippen molar-refractivity contribution in [3.63, 3.8) is 0 Å². The molecule has 1 aromatic rings. The Labute approximate surface area is 160 Å². The zero-order valence-corrected chi connectivity index (χ0v) is 16.5. The van der Waals surface area contributed by atoms with Gasteiger partial charge in [0.15, 0.2) is 21.2 Å². The molecule has 0 aromatic heterocycles. The highest BCUT2D eigenvalue weighted by atomic mass is 32.2. The topological polar surface area (TPSA) is 80.8 Å². The molecule has 1 saturated carbocycles. The van der Waals surface area contributed by atoms with Crippen molar-refractivity contribution in [1.29, 1.82) is 0 Å². The van der Waals surface area contributed by atoms with Gasteiger partial charge in [-0.15, -0.1) is 0 Å². The van der Waals surface area contributed by atoms with E-state index in [4.69, 9.17) is 4.74 Å². The molecule has 2 aliphatic rings. The lowest BCUT2D eigenvalue weighted by atomic mass is 10.0. The van der Waals surface area contributed by atoms with E-state index in [1.54, 1.807) is 23.1 Å². The SMILES string of the molecule is CC1CCCN(C(=O)COC(=O)C2(S(=O)(=O)c3ccccc3)CCCC2)C1. The first-order chi connectivity index (χ1) is 12.9. The minimum absolute atomic E-state index is 0.125. The fourth-order valence-electron chi connectivity index (χ4n) is 4.12. The number of carbonyl (C=O) groups is 2. The van der Waals surface area contributed by atoms with Gasteiger partial charge in [-0.1, -0.05) is 38.0 Å². The minimum Gasteiger partial charge on any atom is -0.454 e. The summed E-state index contributed by atoms with van der Waals surface area (Å²) in [7, 11) is -3.88. The summed E-state index contributed by atoms with van der Waals surface area (Å²) >= 11 is 0. The van der Waals surface area contributed by atoms with Crippen LogP contribution in [0.15, 0.2) is 35.2 Å². The van der Waals surface area contributed by atoms with Crippen LogP contribution in [0.25, 0.3) is 0 Å². The molecule has 3 rings (SSSR count). The molecule has 1 aliphatic heterocycles. The Morgan fingerprint density at radius 3 is 2.44 bits per heavy atom. The Morgan fingerprint density at radius 1 is 1.15 bits per heavy atom. The van der Waals surface area contributed by atoms with Crippen LogP contribution in [-0.2, 0) is 24.2 Å². The van der Waals surface area contributed by atoms with Crippen molar-refractivity contribution in [3.05, 3.63) is 30.3 Å². The van der Waals surface area contributed by atoms with Gasteiger partial charge in [-0.2, -0.15) is 0 Å². The molecule has 27 heavy (non-hydrogen) atoms. The van der Waals surface area contributed by atoms with Crippen molar-refractivity contribution in [2.24, 2.45) is 5.92 Å². The van der Waals surface area contributed by atoms with Gasteiger partial charge in [0.05, 0.1) is 4.90 Å². The van der Waals surface area contributed by atoms with Crippen LogP contribution in [0, 0.1) is 5.92 Å². The number of nitrogens with zero attached hydrogens (tertiary/aromatic N) is 1. The molecule has 0 radical (unpaired) electrons. The van der Waals surface area contributed by atoms with Gasteiger partial charge in [-0.3, -0.25) is 9.59 Å². The molecule has 1 atom stereocenters. The summed E-state index contributed by atoms with van der Waals surface area (Å²) in [6.07, 6.45) is 3.79. The monoisotopic (exact) mass is 393 g/mol. The zero-order chi connectivity index (χ0) is 19.5. The first-order valence-electron chi connectivity index (χ1n) is 9.61. The average Bonchev–Trinajstić information content (AvgIpc) is 3.18. The number of hydrogen-bond donors (Lipinski definition) is 0. The number of amides is 1. The molecule has 0 N–H and O–H groups in total.